The van der Waals surface area contributed by atoms with Gasteiger partial charge in [0.05, 0.1) is 0 Å². The van der Waals surface area contributed by atoms with Gasteiger partial charge in [-0.15, -0.1) is 0 Å². The van der Waals surface area contributed by atoms with Crippen molar-refractivity contribution in [2.75, 3.05) is 44.2 Å². The fourth-order valence-corrected chi connectivity index (χ4v) is 3.31. The van der Waals surface area contributed by atoms with Crippen LogP contribution in [0.3, 0.4) is 0 Å². The standard InChI is InChI=1S/C22H27N3O2/c26-21(19-7-3-1-4-8-19)11-12-22(27)23-13-14-24-15-17-25(18-16-24)20-9-5-2-6-10-20/h1-10H,11-18H2,(H,23,27). The summed E-state index contributed by atoms with van der Waals surface area (Å²) in [5.74, 6) is -0.0370. The third-order valence-electron chi connectivity index (χ3n) is 4.92. The molecule has 2 aromatic carbocycles. The Morgan fingerprint density at radius 2 is 1.44 bits per heavy atom. The predicted octanol–water partition coefficient (Wildman–Crippen LogP) is 2.59. The average Bonchev–Trinajstić information content (AvgIpc) is 2.74. The second-order valence-electron chi connectivity index (χ2n) is 6.80. The molecule has 1 saturated heterocycles. The van der Waals surface area contributed by atoms with Crippen molar-refractivity contribution < 1.29 is 9.59 Å². The fraction of sp³-hybridized carbons (Fsp3) is 0.364. The number of nitrogens with zero attached hydrogens (tertiary/aromatic N) is 2. The van der Waals surface area contributed by atoms with Crippen molar-refractivity contribution in [1.82, 2.24) is 10.2 Å². The lowest BCUT2D eigenvalue weighted by atomic mass is 10.1. The first-order chi connectivity index (χ1) is 13.2. The number of Topliss-reactive ketones (excluding diaryl/α,β-unsaturated/α-hetero) is 1. The van der Waals surface area contributed by atoms with Crippen LogP contribution in [0.25, 0.3) is 0 Å². The molecule has 0 radical (unpaired) electrons. The quantitative estimate of drug-likeness (QED) is 0.731. The van der Waals surface area contributed by atoms with Crippen molar-refractivity contribution in [2.45, 2.75) is 12.8 Å². The number of benzene rings is 2. The first kappa shape index (κ1) is 19.1. The summed E-state index contributed by atoms with van der Waals surface area (Å²) < 4.78 is 0. The smallest absolute Gasteiger partial charge is 0.220 e. The number of hydrogen-bond donors (Lipinski definition) is 1. The molecule has 0 atom stereocenters. The summed E-state index contributed by atoms with van der Waals surface area (Å²) in [4.78, 5) is 28.8. The zero-order valence-corrected chi connectivity index (χ0v) is 15.6. The maximum Gasteiger partial charge on any atom is 0.220 e. The Hall–Kier alpha value is -2.66. The fourth-order valence-electron chi connectivity index (χ4n) is 3.31. The van der Waals surface area contributed by atoms with Crippen LogP contribution in [0.2, 0.25) is 0 Å². The van der Waals surface area contributed by atoms with Gasteiger partial charge in [-0.25, -0.2) is 0 Å². The van der Waals surface area contributed by atoms with E-state index in [0.717, 1.165) is 32.7 Å². The minimum atomic E-state index is -0.0535. The van der Waals surface area contributed by atoms with Crippen LogP contribution in [-0.2, 0) is 4.79 Å². The van der Waals surface area contributed by atoms with E-state index in [0.29, 0.717) is 12.1 Å². The Balaban J connectivity index is 1.30. The van der Waals surface area contributed by atoms with Gasteiger partial charge < -0.3 is 10.2 Å². The third kappa shape index (κ3) is 5.93. The monoisotopic (exact) mass is 365 g/mol. The molecule has 2 aromatic rings. The van der Waals surface area contributed by atoms with E-state index in [9.17, 15) is 9.59 Å². The van der Waals surface area contributed by atoms with Gasteiger partial charge in [0.25, 0.3) is 0 Å². The molecule has 1 aliphatic rings. The van der Waals surface area contributed by atoms with Crippen LogP contribution in [0.5, 0.6) is 0 Å². The van der Waals surface area contributed by atoms with Gasteiger partial charge in [0.1, 0.15) is 0 Å². The molecule has 0 aliphatic carbocycles. The van der Waals surface area contributed by atoms with Gasteiger partial charge in [-0.2, -0.15) is 0 Å². The molecule has 3 rings (SSSR count). The van der Waals surface area contributed by atoms with Gasteiger partial charge in [-0.05, 0) is 12.1 Å². The second-order valence-corrected chi connectivity index (χ2v) is 6.80. The van der Waals surface area contributed by atoms with Gasteiger partial charge in [0, 0.05) is 63.4 Å². The largest absolute Gasteiger partial charge is 0.369 e. The average molecular weight is 365 g/mol. The highest BCUT2D eigenvalue weighted by atomic mass is 16.2. The molecule has 1 fully saturated rings. The lowest BCUT2D eigenvalue weighted by molar-refractivity contribution is -0.121. The lowest BCUT2D eigenvalue weighted by Crippen LogP contribution is -2.48. The maximum atomic E-state index is 12.0. The Morgan fingerprint density at radius 1 is 0.815 bits per heavy atom. The van der Waals surface area contributed by atoms with Crippen LogP contribution in [0, 0.1) is 0 Å². The van der Waals surface area contributed by atoms with Crippen LogP contribution in [-0.4, -0.2) is 55.9 Å². The molecule has 1 amide bonds. The van der Waals surface area contributed by atoms with E-state index in [1.807, 2.05) is 24.3 Å². The first-order valence-corrected chi connectivity index (χ1v) is 9.60. The van der Waals surface area contributed by atoms with E-state index in [1.54, 1.807) is 12.1 Å². The van der Waals surface area contributed by atoms with Gasteiger partial charge in [0.2, 0.25) is 5.91 Å². The molecule has 0 unspecified atom stereocenters. The third-order valence-corrected chi connectivity index (χ3v) is 4.92. The van der Waals surface area contributed by atoms with E-state index in [4.69, 9.17) is 0 Å². The number of carbonyl (C=O) groups is 2. The van der Waals surface area contributed by atoms with Crippen LogP contribution in [0.4, 0.5) is 5.69 Å². The van der Waals surface area contributed by atoms with Crippen LogP contribution in [0.1, 0.15) is 23.2 Å². The summed E-state index contributed by atoms with van der Waals surface area (Å²) in [7, 11) is 0. The van der Waals surface area contributed by atoms with Crippen molar-refractivity contribution in [3.8, 4) is 0 Å². The summed E-state index contributed by atoms with van der Waals surface area (Å²) in [6.45, 7) is 5.48. The molecule has 1 aliphatic heterocycles. The second kappa shape index (κ2) is 9.88. The van der Waals surface area contributed by atoms with Crippen LogP contribution in [0.15, 0.2) is 60.7 Å². The Morgan fingerprint density at radius 3 is 2.11 bits per heavy atom. The number of rotatable bonds is 8. The Labute approximate surface area is 161 Å². The molecular formula is C22H27N3O2. The van der Waals surface area contributed by atoms with E-state index >= 15 is 0 Å². The van der Waals surface area contributed by atoms with E-state index < -0.39 is 0 Å². The van der Waals surface area contributed by atoms with Gasteiger partial charge in [0.15, 0.2) is 5.78 Å². The molecule has 1 N–H and O–H groups in total. The summed E-state index contributed by atoms with van der Waals surface area (Å²) in [5.41, 5.74) is 1.94. The van der Waals surface area contributed by atoms with Crippen molar-refractivity contribution in [1.29, 1.82) is 0 Å². The van der Waals surface area contributed by atoms with Crippen molar-refractivity contribution in [3.05, 3.63) is 66.2 Å². The Kier molecular flexibility index (Phi) is 6.99. The molecule has 0 bridgehead atoms. The highest BCUT2D eigenvalue weighted by Gasteiger charge is 2.17. The minimum absolute atomic E-state index is 0.0165. The van der Waals surface area contributed by atoms with Gasteiger partial charge in [-0.1, -0.05) is 48.5 Å². The molecule has 5 nitrogen and oxygen atoms in total. The molecular weight excluding hydrogens is 338 g/mol. The summed E-state index contributed by atoms with van der Waals surface area (Å²) in [6.07, 6.45) is 0.501. The molecule has 27 heavy (non-hydrogen) atoms. The van der Waals surface area contributed by atoms with Crippen LogP contribution < -0.4 is 10.2 Å². The number of ketones is 1. The van der Waals surface area contributed by atoms with E-state index in [1.165, 1.54) is 5.69 Å². The van der Waals surface area contributed by atoms with Gasteiger partial charge >= 0.3 is 0 Å². The van der Waals surface area contributed by atoms with E-state index in [2.05, 4.69) is 39.4 Å². The number of carbonyl (C=O) groups excluding carboxylic acids is 2. The summed E-state index contributed by atoms with van der Waals surface area (Å²) >= 11 is 0. The zero-order chi connectivity index (χ0) is 18.9. The molecule has 142 valence electrons. The maximum absolute atomic E-state index is 12.0. The molecule has 0 spiro atoms. The topological polar surface area (TPSA) is 52.7 Å². The number of para-hydroxylation sites is 1. The zero-order valence-electron chi connectivity index (χ0n) is 15.6. The van der Waals surface area contributed by atoms with Crippen molar-refractivity contribution in [3.63, 3.8) is 0 Å². The number of hydrogen-bond acceptors (Lipinski definition) is 4. The van der Waals surface area contributed by atoms with Crippen molar-refractivity contribution in [2.24, 2.45) is 0 Å². The number of nitrogens with one attached hydrogen (secondary N) is 1. The summed E-state index contributed by atoms with van der Waals surface area (Å²) in [6, 6.07) is 19.6. The number of amides is 1. The highest BCUT2D eigenvalue weighted by molar-refractivity contribution is 5.97. The molecule has 0 aromatic heterocycles. The molecule has 5 heteroatoms. The SMILES string of the molecule is O=C(CCC(=O)c1ccccc1)NCCN1CCN(c2ccccc2)CC1. The van der Waals surface area contributed by atoms with Crippen molar-refractivity contribution >= 4 is 17.4 Å². The lowest BCUT2D eigenvalue weighted by Gasteiger charge is -2.36. The van der Waals surface area contributed by atoms with Gasteiger partial charge in [-0.3, -0.25) is 14.5 Å². The molecule has 0 saturated carbocycles. The first-order valence-electron chi connectivity index (χ1n) is 9.60. The minimum Gasteiger partial charge on any atom is -0.369 e. The predicted molar refractivity (Wildman–Crippen MR) is 108 cm³/mol. The highest BCUT2D eigenvalue weighted by Crippen LogP contribution is 2.15. The molecule has 1 heterocycles. The van der Waals surface area contributed by atoms with Crippen LogP contribution >= 0.6 is 0 Å². The summed E-state index contributed by atoms with van der Waals surface area (Å²) in [5, 5.41) is 2.93. The number of piperazine rings is 1. The normalized spacial score (nSPS) is 14.7. The number of anilines is 1. The van der Waals surface area contributed by atoms with E-state index in [-0.39, 0.29) is 24.5 Å². The Bertz CT molecular complexity index is 726.